The van der Waals surface area contributed by atoms with Crippen LogP contribution in [-0.2, 0) is 9.53 Å². The van der Waals surface area contributed by atoms with Gasteiger partial charge in [-0.3, -0.25) is 4.79 Å². The van der Waals surface area contributed by atoms with Gasteiger partial charge in [0, 0.05) is 6.04 Å². The van der Waals surface area contributed by atoms with Crippen molar-refractivity contribution in [3.8, 4) is 5.75 Å². The van der Waals surface area contributed by atoms with Gasteiger partial charge in [0.25, 0.3) is 0 Å². The first kappa shape index (κ1) is 14.3. The van der Waals surface area contributed by atoms with Crippen LogP contribution in [0.1, 0.15) is 10.4 Å². The average molecular weight is 280 g/mol. The molecule has 2 atom stereocenters. The molecule has 1 amide bonds. The summed E-state index contributed by atoms with van der Waals surface area (Å²) in [6.45, 7) is 0.596. The fraction of sp³-hybridized carbons (Fsp3) is 0.385. The van der Waals surface area contributed by atoms with Crippen molar-refractivity contribution >= 4 is 17.6 Å². The first-order valence-electron chi connectivity index (χ1n) is 6.08. The number of carboxylic acids is 1. The first-order valence-corrected chi connectivity index (χ1v) is 6.08. The first-order chi connectivity index (χ1) is 9.52. The van der Waals surface area contributed by atoms with Crippen molar-refractivity contribution < 1.29 is 24.2 Å². The van der Waals surface area contributed by atoms with Crippen LogP contribution in [0.5, 0.6) is 5.75 Å². The topological polar surface area (TPSA) is 111 Å². The zero-order valence-corrected chi connectivity index (χ0v) is 11.0. The molecule has 0 aromatic heterocycles. The fourth-order valence-electron chi connectivity index (χ4n) is 2.01. The smallest absolute Gasteiger partial charge is 0.335 e. The van der Waals surface area contributed by atoms with Crippen LogP contribution in [0.2, 0.25) is 0 Å². The van der Waals surface area contributed by atoms with Gasteiger partial charge in [-0.2, -0.15) is 0 Å². The Labute approximate surface area is 115 Å². The summed E-state index contributed by atoms with van der Waals surface area (Å²) in [5.74, 6) is -1.45. The molecule has 0 aliphatic carbocycles. The largest absolute Gasteiger partial charge is 0.495 e. The minimum atomic E-state index is -1.08. The van der Waals surface area contributed by atoms with Crippen molar-refractivity contribution in [1.29, 1.82) is 0 Å². The van der Waals surface area contributed by atoms with Crippen LogP contribution in [0, 0.1) is 5.92 Å². The zero-order valence-electron chi connectivity index (χ0n) is 11.0. The van der Waals surface area contributed by atoms with Crippen LogP contribution < -0.4 is 15.8 Å². The van der Waals surface area contributed by atoms with Crippen LogP contribution in [-0.4, -0.2) is 43.3 Å². The molecule has 108 valence electrons. The average Bonchev–Trinajstić information content (AvgIpc) is 2.84. The second-order valence-corrected chi connectivity index (χ2v) is 4.52. The molecule has 1 aliphatic heterocycles. The van der Waals surface area contributed by atoms with Crippen molar-refractivity contribution in [3.05, 3.63) is 23.8 Å². The number of carboxylic acid groups (broad SMARTS) is 1. The number of anilines is 1. The summed E-state index contributed by atoms with van der Waals surface area (Å²) >= 11 is 0. The summed E-state index contributed by atoms with van der Waals surface area (Å²) in [5, 5.41) is 11.6. The molecule has 1 saturated heterocycles. The Kier molecular flexibility index (Phi) is 4.21. The molecule has 0 bridgehead atoms. The summed E-state index contributed by atoms with van der Waals surface area (Å²) in [4.78, 5) is 23.1. The Hall–Kier alpha value is -2.12. The predicted octanol–water partition coefficient (Wildman–Crippen LogP) is 0.306. The molecule has 2 unspecified atom stereocenters. The number of rotatable bonds is 4. The van der Waals surface area contributed by atoms with Crippen LogP contribution in [0.15, 0.2) is 18.2 Å². The standard InChI is InChI=1S/C13H16N2O5/c1-19-11-3-2-7(13(17)18)4-10(11)15-12(16)8-5-20-6-9(8)14/h2-4,8-9H,5-6,14H2,1H3,(H,15,16)(H,17,18). The van der Waals surface area contributed by atoms with Crippen LogP contribution in [0.3, 0.4) is 0 Å². The number of nitrogens with two attached hydrogens (primary N) is 1. The molecule has 1 aliphatic rings. The highest BCUT2D eigenvalue weighted by Gasteiger charge is 2.31. The fourth-order valence-corrected chi connectivity index (χ4v) is 2.01. The summed E-state index contributed by atoms with van der Waals surface area (Å²) in [7, 11) is 1.44. The van der Waals surface area contributed by atoms with Gasteiger partial charge in [0.2, 0.25) is 5.91 Å². The molecule has 2 rings (SSSR count). The molecule has 7 heteroatoms. The van der Waals surface area contributed by atoms with Crippen molar-refractivity contribution in [1.82, 2.24) is 0 Å². The lowest BCUT2D eigenvalue weighted by atomic mass is 10.0. The number of nitrogens with one attached hydrogen (secondary N) is 1. The molecular weight excluding hydrogens is 264 g/mol. The van der Waals surface area contributed by atoms with Crippen LogP contribution >= 0.6 is 0 Å². The van der Waals surface area contributed by atoms with E-state index >= 15 is 0 Å². The predicted molar refractivity (Wildman–Crippen MR) is 70.9 cm³/mol. The number of ether oxygens (including phenoxy) is 2. The summed E-state index contributed by atoms with van der Waals surface area (Å²) in [6, 6.07) is 3.88. The highest BCUT2D eigenvalue weighted by Crippen LogP contribution is 2.26. The Morgan fingerprint density at radius 1 is 1.45 bits per heavy atom. The van der Waals surface area contributed by atoms with E-state index in [1.54, 1.807) is 0 Å². The minimum absolute atomic E-state index is 0.0630. The maximum Gasteiger partial charge on any atom is 0.335 e. The lowest BCUT2D eigenvalue weighted by molar-refractivity contribution is -0.120. The highest BCUT2D eigenvalue weighted by molar-refractivity contribution is 5.97. The van der Waals surface area contributed by atoms with E-state index in [-0.39, 0.29) is 24.1 Å². The molecule has 0 spiro atoms. The third-order valence-electron chi connectivity index (χ3n) is 3.17. The number of carbonyl (C=O) groups excluding carboxylic acids is 1. The summed E-state index contributed by atoms with van der Waals surface area (Å²) < 4.78 is 10.2. The molecule has 0 radical (unpaired) electrons. The summed E-state index contributed by atoms with van der Waals surface area (Å²) in [6.07, 6.45) is 0. The maximum atomic E-state index is 12.1. The third-order valence-corrected chi connectivity index (χ3v) is 3.17. The summed E-state index contributed by atoms with van der Waals surface area (Å²) in [5.41, 5.74) is 6.14. The van der Waals surface area contributed by atoms with Gasteiger partial charge in [-0.1, -0.05) is 0 Å². The molecule has 1 heterocycles. The lowest BCUT2D eigenvalue weighted by Gasteiger charge is -2.15. The Morgan fingerprint density at radius 3 is 2.75 bits per heavy atom. The van der Waals surface area contributed by atoms with Crippen molar-refractivity contribution in [2.45, 2.75) is 6.04 Å². The molecule has 1 aromatic carbocycles. The van der Waals surface area contributed by atoms with Crippen LogP contribution in [0.25, 0.3) is 0 Å². The number of methoxy groups -OCH3 is 1. The maximum absolute atomic E-state index is 12.1. The Bertz CT molecular complexity index is 531. The molecule has 20 heavy (non-hydrogen) atoms. The molecule has 0 saturated carbocycles. The number of hydrogen-bond acceptors (Lipinski definition) is 5. The quantitative estimate of drug-likeness (QED) is 0.731. The Morgan fingerprint density at radius 2 is 2.20 bits per heavy atom. The molecule has 1 aromatic rings. The molecule has 4 N–H and O–H groups in total. The van der Waals surface area contributed by atoms with E-state index < -0.39 is 11.9 Å². The second kappa shape index (κ2) is 5.89. The van der Waals surface area contributed by atoms with Crippen molar-refractivity contribution in [2.75, 3.05) is 25.6 Å². The molecular formula is C13H16N2O5. The monoisotopic (exact) mass is 280 g/mol. The molecule has 7 nitrogen and oxygen atoms in total. The Balaban J connectivity index is 2.20. The van der Waals surface area contributed by atoms with Crippen LogP contribution in [0.4, 0.5) is 5.69 Å². The number of aromatic carboxylic acids is 1. The second-order valence-electron chi connectivity index (χ2n) is 4.52. The van der Waals surface area contributed by atoms with E-state index in [0.717, 1.165) is 0 Å². The van der Waals surface area contributed by atoms with E-state index in [1.807, 2.05) is 0 Å². The van der Waals surface area contributed by atoms with Gasteiger partial charge in [-0.15, -0.1) is 0 Å². The van der Waals surface area contributed by atoms with Gasteiger partial charge < -0.3 is 25.6 Å². The number of amides is 1. The van der Waals surface area contributed by atoms with E-state index in [1.165, 1.54) is 25.3 Å². The van der Waals surface area contributed by atoms with E-state index in [0.29, 0.717) is 18.0 Å². The highest BCUT2D eigenvalue weighted by atomic mass is 16.5. The number of hydrogen-bond donors (Lipinski definition) is 3. The molecule has 1 fully saturated rings. The van der Waals surface area contributed by atoms with Gasteiger partial charge in [0.15, 0.2) is 0 Å². The van der Waals surface area contributed by atoms with E-state index in [4.69, 9.17) is 20.3 Å². The lowest BCUT2D eigenvalue weighted by Crippen LogP contribution is -2.37. The van der Waals surface area contributed by atoms with Gasteiger partial charge in [0.1, 0.15) is 5.75 Å². The van der Waals surface area contributed by atoms with Gasteiger partial charge in [-0.25, -0.2) is 4.79 Å². The van der Waals surface area contributed by atoms with E-state index in [9.17, 15) is 9.59 Å². The normalized spacial score (nSPS) is 21.5. The van der Waals surface area contributed by atoms with Crippen molar-refractivity contribution in [2.24, 2.45) is 11.7 Å². The third kappa shape index (κ3) is 2.89. The number of carbonyl (C=O) groups is 2. The SMILES string of the molecule is COc1ccc(C(=O)O)cc1NC(=O)C1COCC1N. The zero-order chi connectivity index (χ0) is 14.7. The number of benzene rings is 1. The van der Waals surface area contributed by atoms with Gasteiger partial charge in [-0.05, 0) is 18.2 Å². The minimum Gasteiger partial charge on any atom is -0.495 e. The van der Waals surface area contributed by atoms with Crippen molar-refractivity contribution in [3.63, 3.8) is 0 Å². The van der Waals surface area contributed by atoms with Gasteiger partial charge >= 0.3 is 5.97 Å². The van der Waals surface area contributed by atoms with E-state index in [2.05, 4.69) is 5.32 Å². The van der Waals surface area contributed by atoms with Gasteiger partial charge in [0.05, 0.1) is 37.5 Å².